The molecule has 0 fully saturated rings. The molecule has 94 valence electrons. The van der Waals surface area contributed by atoms with Crippen molar-refractivity contribution >= 4 is 11.9 Å². The Morgan fingerprint density at radius 3 is 2.29 bits per heavy atom. The second-order valence-corrected chi connectivity index (χ2v) is 4.74. The highest BCUT2D eigenvalue weighted by Gasteiger charge is 2.28. The van der Waals surface area contributed by atoms with Crippen molar-refractivity contribution in [3.8, 4) is 0 Å². The molecule has 17 heavy (non-hydrogen) atoms. The number of hydrogen-bond donors (Lipinski definition) is 1. The van der Waals surface area contributed by atoms with E-state index >= 15 is 0 Å². The zero-order valence-electron chi connectivity index (χ0n) is 10.6. The molecule has 1 heterocycles. The Morgan fingerprint density at radius 2 is 1.88 bits per heavy atom. The molecule has 1 aromatic heterocycles. The van der Waals surface area contributed by atoms with Gasteiger partial charge in [-0.25, -0.2) is 9.59 Å². The number of carboxylic acid groups (broad SMARTS) is 1. The van der Waals surface area contributed by atoms with E-state index in [-0.39, 0.29) is 11.3 Å². The number of esters is 1. The predicted octanol–water partition coefficient (Wildman–Crippen LogP) is 1.38. The van der Waals surface area contributed by atoms with Crippen LogP contribution in [-0.4, -0.2) is 32.4 Å². The summed E-state index contributed by atoms with van der Waals surface area (Å²) in [6.45, 7) is 6.73. The van der Waals surface area contributed by atoms with E-state index in [1.54, 1.807) is 27.7 Å². The second kappa shape index (κ2) is 4.20. The van der Waals surface area contributed by atoms with Crippen LogP contribution in [0.1, 0.15) is 47.3 Å². The summed E-state index contributed by atoms with van der Waals surface area (Å²) < 4.78 is 6.32. The van der Waals surface area contributed by atoms with Crippen molar-refractivity contribution in [2.24, 2.45) is 7.05 Å². The fourth-order valence-electron chi connectivity index (χ4n) is 1.48. The van der Waals surface area contributed by atoms with E-state index in [2.05, 4.69) is 5.10 Å². The molecule has 0 aliphatic rings. The van der Waals surface area contributed by atoms with E-state index in [1.807, 2.05) is 0 Å². The standard InChI is InChI=1S/C11H16N2O4/c1-6-7(10(16)17-11(2,3)4)8(9(14)15)13(5)12-6/h1-5H3,(H,14,15). The summed E-state index contributed by atoms with van der Waals surface area (Å²) >= 11 is 0. The molecule has 0 aliphatic carbocycles. The zero-order valence-corrected chi connectivity index (χ0v) is 10.6. The fraction of sp³-hybridized carbons (Fsp3) is 0.545. The van der Waals surface area contributed by atoms with Crippen LogP contribution in [0, 0.1) is 6.92 Å². The largest absolute Gasteiger partial charge is 0.476 e. The van der Waals surface area contributed by atoms with Gasteiger partial charge in [0.15, 0.2) is 5.69 Å². The molecule has 1 N–H and O–H groups in total. The summed E-state index contributed by atoms with van der Waals surface area (Å²) in [5, 5.41) is 13.0. The molecular formula is C11H16N2O4. The Morgan fingerprint density at radius 1 is 1.35 bits per heavy atom. The number of nitrogens with zero attached hydrogens (tertiary/aromatic N) is 2. The minimum absolute atomic E-state index is 0.00919. The van der Waals surface area contributed by atoms with Crippen molar-refractivity contribution < 1.29 is 19.4 Å². The Labute approximate surface area is 99.2 Å². The molecule has 0 radical (unpaired) electrons. The van der Waals surface area contributed by atoms with Crippen LogP contribution in [0.15, 0.2) is 0 Å². The third kappa shape index (κ3) is 2.83. The lowest BCUT2D eigenvalue weighted by molar-refractivity contribution is 0.00648. The number of carbonyl (C=O) groups excluding carboxylic acids is 1. The van der Waals surface area contributed by atoms with E-state index < -0.39 is 17.5 Å². The normalized spacial score (nSPS) is 11.4. The van der Waals surface area contributed by atoms with E-state index in [1.165, 1.54) is 7.05 Å². The monoisotopic (exact) mass is 240 g/mol. The molecule has 0 saturated carbocycles. The van der Waals surface area contributed by atoms with Crippen molar-refractivity contribution in [1.29, 1.82) is 0 Å². The minimum atomic E-state index is -1.20. The summed E-state index contributed by atoms with van der Waals surface area (Å²) in [4.78, 5) is 22.9. The number of aromatic carboxylic acids is 1. The van der Waals surface area contributed by atoms with Gasteiger partial charge in [0.1, 0.15) is 11.2 Å². The Balaban J connectivity index is 3.22. The first-order valence-electron chi connectivity index (χ1n) is 5.13. The van der Waals surface area contributed by atoms with Gasteiger partial charge in [0, 0.05) is 7.05 Å². The summed E-state index contributed by atoms with van der Waals surface area (Å²) in [6.07, 6.45) is 0. The number of aromatic nitrogens is 2. The summed E-state index contributed by atoms with van der Waals surface area (Å²) in [5.74, 6) is -1.87. The van der Waals surface area contributed by atoms with Crippen LogP contribution in [0.5, 0.6) is 0 Å². The first kappa shape index (κ1) is 13.2. The molecular weight excluding hydrogens is 224 g/mol. The number of carbonyl (C=O) groups is 2. The number of rotatable bonds is 2. The lowest BCUT2D eigenvalue weighted by Gasteiger charge is -2.19. The first-order valence-corrected chi connectivity index (χ1v) is 5.13. The highest BCUT2D eigenvalue weighted by Crippen LogP contribution is 2.18. The van der Waals surface area contributed by atoms with Gasteiger partial charge in [0.25, 0.3) is 0 Å². The van der Waals surface area contributed by atoms with Gasteiger partial charge in [-0.05, 0) is 27.7 Å². The summed E-state index contributed by atoms with van der Waals surface area (Å²) in [7, 11) is 1.48. The highest BCUT2D eigenvalue weighted by atomic mass is 16.6. The molecule has 1 rings (SSSR count). The number of hydrogen-bond acceptors (Lipinski definition) is 4. The zero-order chi connectivity index (χ0) is 13.4. The van der Waals surface area contributed by atoms with Gasteiger partial charge >= 0.3 is 11.9 Å². The van der Waals surface area contributed by atoms with E-state index in [4.69, 9.17) is 9.84 Å². The minimum Gasteiger partial charge on any atom is -0.476 e. The maximum atomic E-state index is 11.9. The van der Waals surface area contributed by atoms with Crippen LogP contribution >= 0.6 is 0 Å². The van der Waals surface area contributed by atoms with Gasteiger partial charge in [0.2, 0.25) is 0 Å². The van der Waals surface area contributed by atoms with Crippen LogP contribution in [0.3, 0.4) is 0 Å². The van der Waals surface area contributed by atoms with E-state index in [0.29, 0.717) is 5.69 Å². The van der Waals surface area contributed by atoms with Crippen LogP contribution in [0.25, 0.3) is 0 Å². The molecule has 0 bridgehead atoms. The third-order valence-corrected chi connectivity index (χ3v) is 2.03. The molecule has 0 spiro atoms. The van der Waals surface area contributed by atoms with E-state index in [9.17, 15) is 9.59 Å². The van der Waals surface area contributed by atoms with Gasteiger partial charge in [-0.3, -0.25) is 4.68 Å². The SMILES string of the molecule is Cc1nn(C)c(C(=O)O)c1C(=O)OC(C)(C)C. The van der Waals surface area contributed by atoms with Crippen molar-refractivity contribution in [3.63, 3.8) is 0 Å². The average molecular weight is 240 g/mol. The molecule has 1 aromatic rings. The Kier molecular flexibility index (Phi) is 3.26. The Hall–Kier alpha value is -1.85. The number of carboxylic acids is 1. The summed E-state index contributed by atoms with van der Waals surface area (Å²) in [5.41, 5.74) is -0.472. The topological polar surface area (TPSA) is 81.4 Å². The van der Waals surface area contributed by atoms with Gasteiger partial charge in [0.05, 0.1) is 5.69 Å². The third-order valence-electron chi connectivity index (χ3n) is 2.03. The fourth-order valence-corrected chi connectivity index (χ4v) is 1.48. The molecule has 0 atom stereocenters. The van der Waals surface area contributed by atoms with Crippen LogP contribution < -0.4 is 0 Å². The van der Waals surface area contributed by atoms with Crippen molar-refractivity contribution in [2.45, 2.75) is 33.3 Å². The average Bonchev–Trinajstić information content (AvgIpc) is 2.37. The Bertz CT molecular complexity index is 469. The number of aryl methyl sites for hydroxylation is 2. The van der Waals surface area contributed by atoms with Crippen LogP contribution in [-0.2, 0) is 11.8 Å². The maximum Gasteiger partial charge on any atom is 0.355 e. The highest BCUT2D eigenvalue weighted by molar-refractivity contribution is 6.02. The van der Waals surface area contributed by atoms with Crippen molar-refractivity contribution in [3.05, 3.63) is 17.0 Å². The molecule has 6 nitrogen and oxygen atoms in total. The smallest absolute Gasteiger partial charge is 0.355 e. The van der Waals surface area contributed by atoms with Crippen LogP contribution in [0.4, 0.5) is 0 Å². The molecule has 0 saturated heterocycles. The van der Waals surface area contributed by atoms with Gasteiger partial charge in [-0.1, -0.05) is 0 Å². The molecule has 0 amide bonds. The van der Waals surface area contributed by atoms with Crippen molar-refractivity contribution in [2.75, 3.05) is 0 Å². The first-order chi connectivity index (χ1) is 7.63. The van der Waals surface area contributed by atoms with Crippen LogP contribution in [0.2, 0.25) is 0 Å². The molecule has 0 aliphatic heterocycles. The molecule has 6 heteroatoms. The maximum absolute atomic E-state index is 11.9. The lowest BCUT2D eigenvalue weighted by Crippen LogP contribution is -2.25. The number of ether oxygens (including phenoxy) is 1. The molecule has 0 aromatic carbocycles. The van der Waals surface area contributed by atoms with Gasteiger partial charge in [-0.2, -0.15) is 5.10 Å². The summed E-state index contributed by atoms with van der Waals surface area (Å²) in [6, 6.07) is 0. The van der Waals surface area contributed by atoms with Gasteiger partial charge in [-0.15, -0.1) is 0 Å². The predicted molar refractivity (Wildman–Crippen MR) is 60.1 cm³/mol. The van der Waals surface area contributed by atoms with E-state index in [0.717, 1.165) is 4.68 Å². The lowest BCUT2D eigenvalue weighted by atomic mass is 10.1. The quantitative estimate of drug-likeness (QED) is 0.790. The van der Waals surface area contributed by atoms with Gasteiger partial charge < -0.3 is 9.84 Å². The molecule has 0 unspecified atom stereocenters. The second-order valence-electron chi connectivity index (χ2n) is 4.74. The van der Waals surface area contributed by atoms with Crippen molar-refractivity contribution in [1.82, 2.24) is 9.78 Å².